The summed E-state index contributed by atoms with van der Waals surface area (Å²) in [5.74, 6) is 0.0826. The molecule has 1 atom stereocenters. The Labute approximate surface area is 135 Å². The van der Waals surface area contributed by atoms with Gasteiger partial charge in [0.25, 0.3) is 5.91 Å². The second-order valence-corrected chi connectivity index (χ2v) is 5.67. The zero-order chi connectivity index (χ0) is 17.6. The number of amides is 1. The zero-order valence-electron chi connectivity index (χ0n) is 13.9. The topological polar surface area (TPSA) is 64.8 Å². The van der Waals surface area contributed by atoms with Crippen LogP contribution in [0.2, 0.25) is 0 Å². The maximum absolute atomic E-state index is 12.4. The molecule has 1 aromatic carbocycles. The van der Waals surface area contributed by atoms with Gasteiger partial charge in [0.15, 0.2) is 11.5 Å². The maximum atomic E-state index is 12.4. The van der Waals surface area contributed by atoms with Gasteiger partial charge in [0.1, 0.15) is 0 Å². The molecule has 1 amide bonds. The number of benzene rings is 1. The molecule has 0 saturated carbocycles. The zero-order valence-corrected chi connectivity index (χ0v) is 13.9. The molecular formula is C16H24F2N2O3. The fourth-order valence-electron chi connectivity index (χ4n) is 1.99. The van der Waals surface area contributed by atoms with Gasteiger partial charge in [-0.15, -0.1) is 0 Å². The molecule has 0 bridgehead atoms. The third-order valence-electron chi connectivity index (χ3n) is 3.63. The van der Waals surface area contributed by atoms with Crippen LogP contribution in [0.5, 0.6) is 11.5 Å². The molecule has 2 N–H and O–H groups in total. The number of hydrogen-bond donors (Lipinski definition) is 1. The van der Waals surface area contributed by atoms with Crippen molar-refractivity contribution < 1.29 is 23.0 Å². The first kappa shape index (κ1) is 19.2. The van der Waals surface area contributed by atoms with E-state index in [1.165, 1.54) is 25.3 Å². The molecule has 130 valence electrons. The molecule has 7 heteroatoms. The SMILES string of the molecule is COc1cc(C(=O)N(C)CCC(N)C(C)C)ccc1OC(F)F. The van der Waals surface area contributed by atoms with Gasteiger partial charge in [-0.05, 0) is 30.5 Å². The van der Waals surface area contributed by atoms with E-state index in [2.05, 4.69) is 4.74 Å². The van der Waals surface area contributed by atoms with E-state index >= 15 is 0 Å². The second kappa shape index (κ2) is 8.67. The van der Waals surface area contributed by atoms with Gasteiger partial charge in [0.2, 0.25) is 0 Å². The van der Waals surface area contributed by atoms with Crippen LogP contribution in [-0.4, -0.2) is 44.2 Å². The summed E-state index contributed by atoms with van der Waals surface area (Å²) in [6, 6.07) is 4.13. The Morgan fingerprint density at radius 1 is 1.30 bits per heavy atom. The lowest BCUT2D eigenvalue weighted by atomic mass is 10.0. The summed E-state index contributed by atoms with van der Waals surface area (Å²) in [7, 11) is 3.00. The maximum Gasteiger partial charge on any atom is 0.387 e. The minimum atomic E-state index is -2.95. The summed E-state index contributed by atoms with van der Waals surface area (Å²) in [6.07, 6.45) is 0.684. The largest absolute Gasteiger partial charge is 0.493 e. The van der Waals surface area contributed by atoms with Gasteiger partial charge in [-0.3, -0.25) is 4.79 Å². The number of nitrogens with two attached hydrogens (primary N) is 1. The molecule has 0 heterocycles. The van der Waals surface area contributed by atoms with Crippen LogP contribution < -0.4 is 15.2 Å². The van der Waals surface area contributed by atoms with Crippen LogP contribution in [0.1, 0.15) is 30.6 Å². The average molecular weight is 330 g/mol. The highest BCUT2D eigenvalue weighted by Crippen LogP contribution is 2.29. The number of carbonyl (C=O) groups excluding carboxylic acids is 1. The number of nitrogens with zero attached hydrogens (tertiary/aromatic N) is 1. The van der Waals surface area contributed by atoms with Gasteiger partial charge in [0.05, 0.1) is 7.11 Å². The Balaban J connectivity index is 2.79. The molecule has 1 rings (SSSR count). The predicted octanol–water partition coefficient (Wildman–Crippen LogP) is 2.74. The molecule has 1 unspecified atom stereocenters. The fourth-order valence-corrected chi connectivity index (χ4v) is 1.99. The normalized spacial score (nSPS) is 12.4. The Morgan fingerprint density at radius 2 is 1.96 bits per heavy atom. The minimum Gasteiger partial charge on any atom is -0.493 e. The van der Waals surface area contributed by atoms with E-state index in [0.717, 1.165) is 0 Å². The number of hydrogen-bond acceptors (Lipinski definition) is 4. The summed E-state index contributed by atoms with van der Waals surface area (Å²) >= 11 is 0. The molecule has 0 radical (unpaired) electrons. The van der Waals surface area contributed by atoms with Gasteiger partial charge < -0.3 is 20.1 Å². The first-order chi connectivity index (χ1) is 10.8. The summed E-state index contributed by atoms with van der Waals surface area (Å²) in [5.41, 5.74) is 6.31. The van der Waals surface area contributed by atoms with Crippen molar-refractivity contribution in [3.63, 3.8) is 0 Å². The van der Waals surface area contributed by atoms with Gasteiger partial charge >= 0.3 is 6.61 Å². The quantitative estimate of drug-likeness (QED) is 0.796. The van der Waals surface area contributed by atoms with Crippen molar-refractivity contribution in [3.8, 4) is 11.5 Å². The van der Waals surface area contributed by atoms with Crippen LogP contribution in [-0.2, 0) is 0 Å². The fraction of sp³-hybridized carbons (Fsp3) is 0.562. The van der Waals surface area contributed by atoms with Crippen molar-refractivity contribution in [2.75, 3.05) is 20.7 Å². The first-order valence-corrected chi connectivity index (χ1v) is 7.40. The molecule has 0 fully saturated rings. The molecule has 0 aliphatic rings. The van der Waals surface area contributed by atoms with Crippen molar-refractivity contribution in [1.29, 1.82) is 0 Å². The van der Waals surface area contributed by atoms with E-state index in [-0.39, 0.29) is 23.4 Å². The summed E-state index contributed by atoms with van der Waals surface area (Å²) in [5, 5.41) is 0. The lowest BCUT2D eigenvalue weighted by Gasteiger charge is -2.22. The van der Waals surface area contributed by atoms with E-state index in [9.17, 15) is 13.6 Å². The molecule has 0 aliphatic carbocycles. The number of alkyl halides is 2. The smallest absolute Gasteiger partial charge is 0.387 e. The van der Waals surface area contributed by atoms with Crippen LogP contribution in [0.4, 0.5) is 8.78 Å². The first-order valence-electron chi connectivity index (χ1n) is 7.40. The molecule has 5 nitrogen and oxygen atoms in total. The van der Waals surface area contributed by atoms with Crippen LogP contribution >= 0.6 is 0 Å². The van der Waals surface area contributed by atoms with Gasteiger partial charge in [-0.1, -0.05) is 13.8 Å². The summed E-state index contributed by atoms with van der Waals surface area (Å²) < 4.78 is 33.9. The van der Waals surface area contributed by atoms with E-state index < -0.39 is 6.61 Å². The third-order valence-corrected chi connectivity index (χ3v) is 3.63. The minimum absolute atomic E-state index is 0.0154. The molecular weight excluding hydrogens is 306 g/mol. The third kappa shape index (κ3) is 5.67. The van der Waals surface area contributed by atoms with Crippen molar-refractivity contribution in [2.45, 2.75) is 32.9 Å². The Morgan fingerprint density at radius 3 is 2.48 bits per heavy atom. The molecule has 0 saturated heterocycles. The van der Waals surface area contributed by atoms with Crippen molar-refractivity contribution in [2.24, 2.45) is 11.7 Å². The van der Waals surface area contributed by atoms with Crippen molar-refractivity contribution in [1.82, 2.24) is 4.90 Å². The van der Waals surface area contributed by atoms with Crippen molar-refractivity contribution in [3.05, 3.63) is 23.8 Å². The van der Waals surface area contributed by atoms with E-state index in [1.54, 1.807) is 11.9 Å². The lowest BCUT2D eigenvalue weighted by Crippen LogP contribution is -2.34. The highest BCUT2D eigenvalue weighted by molar-refractivity contribution is 5.94. The van der Waals surface area contributed by atoms with E-state index in [4.69, 9.17) is 10.5 Å². The standard InChI is InChI=1S/C16H24F2N2O3/c1-10(2)12(19)7-8-20(3)15(21)11-5-6-13(23-16(17)18)14(9-11)22-4/h5-6,9-10,12,16H,7-8,19H2,1-4H3. The number of carbonyl (C=O) groups is 1. The number of methoxy groups -OCH3 is 1. The highest BCUT2D eigenvalue weighted by atomic mass is 19.3. The van der Waals surface area contributed by atoms with Crippen LogP contribution in [0.15, 0.2) is 18.2 Å². The number of halogens is 2. The number of ether oxygens (including phenoxy) is 2. The number of rotatable bonds is 8. The average Bonchev–Trinajstić information content (AvgIpc) is 2.51. The second-order valence-electron chi connectivity index (χ2n) is 5.67. The van der Waals surface area contributed by atoms with Crippen LogP contribution in [0, 0.1) is 5.92 Å². The Kier molecular flexibility index (Phi) is 7.22. The predicted molar refractivity (Wildman–Crippen MR) is 84.0 cm³/mol. The van der Waals surface area contributed by atoms with E-state index in [0.29, 0.717) is 24.4 Å². The molecule has 1 aromatic rings. The van der Waals surface area contributed by atoms with Gasteiger partial charge in [-0.2, -0.15) is 8.78 Å². The van der Waals surface area contributed by atoms with Gasteiger partial charge in [0, 0.05) is 25.2 Å². The van der Waals surface area contributed by atoms with Crippen LogP contribution in [0.3, 0.4) is 0 Å². The molecule has 0 aliphatic heterocycles. The lowest BCUT2D eigenvalue weighted by molar-refractivity contribution is -0.0512. The highest BCUT2D eigenvalue weighted by Gasteiger charge is 2.17. The molecule has 23 heavy (non-hydrogen) atoms. The van der Waals surface area contributed by atoms with Crippen molar-refractivity contribution >= 4 is 5.91 Å². The Bertz CT molecular complexity index is 524. The molecule has 0 spiro atoms. The molecule has 0 aromatic heterocycles. The summed E-state index contributed by atoms with van der Waals surface area (Å²) in [6.45, 7) is 1.61. The van der Waals surface area contributed by atoms with Gasteiger partial charge in [-0.25, -0.2) is 0 Å². The van der Waals surface area contributed by atoms with E-state index in [1.807, 2.05) is 13.8 Å². The Hall–Kier alpha value is -1.89. The van der Waals surface area contributed by atoms with Crippen LogP contribution in [0.25, 0.3) is 0 Å². The summed E-state index contributed by atoms with van der Waals surface area (Å²) in [4.78, 5) is 13.9. The monoisotopic (exact) mass is 330 g/mol.